The molecule has 0 radical (unpaired) electrons. The van der Waals surface area contributed by atoms with Crippen LogP contribution in [-0.4, -0.2) is 18.5 Å². The average molecular weight is 300 g/mol. The molecule has 1 amide bonds. The summed E-state index contributed by atoms with van der Waals surface area (Å²) in [5.41, 5.74) is 7.20. The van der Waals surface area contributed by atoms with E-state index in [1.165, 1.54) is 18.4 Å². The van der Waals surface area contributed by atoms with Crippen molar-refractivity contribution in [2.24, 2.45) is 23.5 Å². The molecule has 0 saturated heterocycles. The summed E-state index contributed by atoms with van der Waals surface area (Å²) in [5.74, 6) is 1.40. The fraction of sp³-hybridized carbons (Fsp3) is 0.632. The van der Waals surface area contributed by atoms with Crippen molar-refractivity contribution in [1.29, 1.82) is 0 Å². The highest BCUT2D eigenvalue weighted by atomic mass is 16.2. The Labute approximate surface area is 133 Å². The molecule has 4 atom stereocenters. The van der Waals surface area contributed by atoms with Crippen LogP contribution >= 0.6 is 0 Å². The molecule has 2 saturated carbocycles. The van der Waals surface area contributed by atoms with E-state index in [1.54, 1.807) is 0 Å². The zero-order valence-electron chi connectivity index (χ0n) is 13.3. The lowest BCUT2D eigenvalue weighted by Crippen LogP contribution is -2.43. The van der Waals surface area contributed by atoms with E-state index in [2.05, 4.69) is 35.6 Å². The Balaban J connectivity index is 1.58. The topological polar surface area (TPSA) is 55.1 Å². The minimum atomic E-state index is 0.156. The third-order valence-corrected chi connectivity index (χ3v) is 5.63. The van der Waals surface area contributed by atoms with E-state index >= 15 is 0 Å². The van der Waals surface area contributed by atoms with Crippen LogP contribution in [0.4, 0.5) is 0 Å². The van der Waals surface area contributed by atoms with Crippen LogP contribution in [0.5, 0.6) is 0 Å². The van der Waals surface area contributed by atoms with Crippen LogP contribution in [0.1, 0.15) is 44.1 Å². The molecule has 0 heterocycles. The number of hydrogen-bond acceptors (Lipinski definition) is 2. The van der Waals surface area contributed by atoms with Crippen LogP contribution in [0, 0.1) is 17.8 Å². The molecule has 2 unspecified atom stereocenters. The van der Waals surface area contributed by atoms with E-state index in [4.69, 9.17) is 5.73 Å². The van der Waals surface area contributed by atoms with Gasteiger partial charge in [0.1, 0.15) is 0 Å². The molecule has 3 heteroatoms. The van der Waals surface area contributed by atoms with Crippen LogP contribution in [0.2, 0.25) is 0 Å². The Hall–Kier alpha value is -1.35. The number of benzene rings is 1. The predicted molar refractivity (Wildman–Crippen MR) is 89.3 cm³/mol. The number of hydrogen-bond donors (Lipinski definition) is 2. The van der Waals surface area contributed by atoms with Crippen LogP contribution < -0.4 is 11.1 Å². The van der Waals surface area contributed by atoms with Gasteiger partial charge < -0.3 is 11.1 Å². The fourth-order valence-corrected chi connectivity index (χ4v) is 4.34. The summed E-state index contributed by atoms with van der Waals surface area (Å²) in [6.07, 6.45) is 7.95. The Morgan fingerprint density at radius 3 is 2.55 bits per heavy atom. The number of nitrogens with two attached hydrogens (primary N) is 1. The first-order valence-electron chi connectivity index (χ1n) is 8.82. The van der Waals surface area contributed by atoms with Gasteiger partial charge in [0, 0.05) is 12.0 Å². The highest BCUT2D eigenvalue weighted by molar-refractivity contribution is 5.79. The van der Waals surface area contributed by atoms with E-state index in [-0.39, 0.29) is 11.8 Å². The third kappa shape index (κ3) is 3.52. The van der Waals surface area contributed by atoms with Crippen molar-refractivity contribution in [3.05, 3.63) is 35.9 Å². The molecule has 0 aromatic heterocycles. The number of nitrogens with one attached hydrogen (secondary N) is 1. The van der Waals surface area contributed by atoms with Gasteiger partial charge in [-0.05, 0) is 56.0 Å². The molecule has 2 fully saturated rings. The highest BCUT2D eigenvalue weighted by Crippen LogP contribution is 2.33. The minimum absolute atomic E-state index is 0.156. The number of carbonyl (C=O) groups is 1. The van der Waals surface area contributed by atoms with Gasteiger partial charge in [-0.1, -0.05) is 43.2 Å². The van der Waals surface area contributed by atoms with Gasteiger partial charge in [-0.2, -0.15) is 0 Å². The Bertz CT molecular complexity index is 487. The Morgan fingerprint density at radius 2 is 1.77 bits per heavy atom. The molecule has 3 rings (SSSR count). The molecule has 120 valence electrons. The van der Waals surface area contributed by atoms with Crippen molar-refractivity contribution in [2.75, 3.05) is 6.54 Å². The van der Waals surface area contributed by atoms with Gasteiger partial charge in [-0.3, -0.25) is 4.79 Å². The van der Waals surface area contributed by atoms with Crippen molar-refractivity contribution in [1.82, 2.24) is 5.32 Å². The van der Waals surface area contributed by atoms with Gasteiger partial charge in [0.2, 0.25) is 5.91 Å². The van der Waals surface area contributed by atoms with Crippen molar-refractivity contribution in [3.63, 3.8) is 0 Å². The first-order valence-corrected chi connectivity index (χ1v) is 8.82. The van der Waals surface area contributed by atoms with E-state index in [1.807, 2.05) is 0 Å². The highest BCUT2D eigenvalue weighted by Gasteiger charge is 2.35. The second-order valence-electron chi connectivity index (χ2n) is 7.03. The summed E-state index contributed by atoms with van der Waals surface area (Å²) in [7, 11) is 0. The molecule has 2 aliphatic rings. The van der Waals surface area contributed by atoms with Gasteiger partial charge in [-0.15, -0.1) is 0 Å². The Morgan fingerprint density at radius 1 is 1.05 bits per heavy atom. The Kier molecular flexibility index (Phi) is 5.14. The summed E-state index contributed by atoms with van der Waals surface area (Å²) in [6, 6.07) is 11.0. The van der Waals surface area contributed by atoms with E-state index in [0.29, 0.717) is 24.4 Å². The van der Waals surface area contributed by atoms with E-state index in [9.17, 15) is 4.79 Å². The molecule has 0 aliphatic heterocycles. The lowest BCUT2D eigenvalue weighted by molar-refractivity contribution is -0.126. The number of rotatable bonds is 5. The molecular weight excluding hydrogens is 272 g/mol. The van der Waals surface area contributed by atoms with Crippen LogP contribution in [0.25, 0.3) is 0 Å². The number of carbonyl (C=O) groups excluding carboxylic acids is 1. The predicted octanol–water partition coefficient (Wildman–Crippen LogP) is 2.89. The van der Waals surface area contributed by atoms with Crippen LogP contribution in [0.15, 0.2) is 30.3 Å². The van der Waals surface area contributed by atoms with Crippen molar-refractivity contribution < 1.29 is 4.79 Å². The molecule has 2 aliphatic carbocycles. The molecule has 22 heavy (non-hydrogen) atoms. The van der Waals surface area contributed by atoms with E-state index < -0.39 is 0 Å². The van der Waals surface area contributed by atoms with Gasteiger partial charge in [0.15, 0.2) is 0 Å². The van der Waals surface area contributed by atoms with Gasteiger partial charge in [-0.25, -0.2) is 0 Å². The quantitative estimate of drug-likeness (QED) is 0.878. The summed E-state index contributed by atoms with van der Waals surface area (Å²) in [5, 5.41) is 3.36. The largest absolute Gasteiger partial charge is 0.353 e. The van der Waals surface area contributed by atoms with Gasteiger partial charge >= 0.3 is 0 Å². The smallest absolute Gasteiger partial charge is 0.223 e. The monoisotopic (exact) mass is 300 g/mol. The molecule has 3 nitrogen and oxygen atoms in total. The molecule has 3 N–H and O–H groups in total. The SMILES string of the molecule is NC[C@H]1CCC[C@H]1C(=O)NC1CCCC1Cc1ccccc1. The van der Waals surface area contributed by atoms with Crippen LogP contribution in [-0.2, 0) is 11.2 Å². The first kappa shape index (κ1) is 15.5. The number of amides is 1. The maximum atomic E-state index is 12.6. The second kappa shape index (κ2) is 7.28. The van der Waals surface area contributed by atoms with Crippen molar-refractivity contribution in [2.45, 2.75) is 51.0 Å². The fourth-order valence-electron chi connectivity index (χ4n) is 4.34. The molecular formula is C19H28N2O. The summed E-state index contributed by atoms with van der Waals surface area (Å²) in [4.78, 5) is 12.6. The summed E-state index contributed by atoms with van der Waals surface area (Å²) < 4.78 is 0. The third-order valence-electron chi connectivity index (χ3n) is 5.63. The minimum Gasteiger partial charge on any atom is -0.353 e. The first-order chi connectivity index (χ1) is 10.8. The van der Waals surface area contributed by atoms with Crippen molar-refractivity contribution in [3.8, 4) is 0 Å². The maximum Gasteiger partial charge on any atom is 0.223 e. The standard InChI is InChI=1S/C19H28N2O/c20-13-16-9-4-10-17(16)19(22)21-18-11-5-8-15(18)12-14-6-2-1-3-7-14/h1-3,6-7,15-18H,4-5,8-13,20H2,(H,21,22)/t15?,16-,17-,18?/m1/s1. The van der Waals surface area contributed by atoms with Gasteiger partial charge in [0.05, 0.1) is 0 Å². The van der Waals surface area contributed by atoms with Gasteiger partial charge in [0.25, 0.3) is 0 Å². The zero-order chi connectivity index (χ0) is 15.4. The molecule has 0 bridgehead atoms. The van der Waals surface area contributed by atoms with E-state index in [0.717, 1.165) is 32.1 Å². The lowest BCUT2D eigenvalue weighted by Gasteiger charge is -2.25. The molecule has 1 aromatic carbocycles. The molecule has 0 spiro atoms. The average Bonchev–Trinajstić information content (AvgIpc) is 3.18. The zero-order valence-corrected chi connectivity index (χ0v) is 13.3. The normalized spacial score (nSPS) is 31.3. The van der Waals surface area contributed by atoms with Crippen LogP contribution in [0.3, 0.4) is 0 Å². The lowest BCUT2D eigenvalue weighted by atomic mass is 9.92. The molecule has 1 aromatic rings. The van der Waals surface area contributed by atoms with Crippen molar-refractivity contribution >= 4 is 5.91 Å². The second-order valence-corrected chi connectivity index (χ2v) is 7.03. The summed E-state index contributed by atoms with van der Waals surface area (Å²) in [6.45, 7) is 0.649. The summed E-state index contributed by atoms with van der Waals surface area (Å²) >= 11 is 0. The maximum absolute atomic E-state index is 12.6.